The van der Waals surface area contributed by atoms with Crippen LogP contribution in [0.3, 0.4) is 0 Å². The molecule has 1 saturated heterocycles. The Morgan fingerprint density at radius 2 is 2.00 bits per heavy atom. The Bertz CT molecular complexity index is 402. The Morgan fingerprint density at radius 3 is 2.59 bits per heavy atom. The van der Waals surface area contributed by atoms with Gasteiger partial charge in [0.15, 0.2) is 0 Å². The molecule has 1 aliphatic heterocycles. The van der Waals surface area contributed by atoms with E-state index in [9.17, 15) is 15.2 Å². The van der Waals surface area contributed by atoms with Crippen LogP contribution in [0.4, 0.5) is 5.69 Å². The first-order valence-corrected chi connectivity index (χ1v) is 5.82. The molecule has 0 radical (unpaired) electrons. The summed E-state index contributed by atoms with van der Waals surface area (Å²) < 4.78 is 0. The van der Waals surface area contributed by atoms with Gasteiger partial charge in [-0.15, -0.1) is 0 Å². The first-order valence-electron chi connectivity index (χ1n) is 5.82. The molecule has 1 heterocycles. The molecule has 0 spiro atoms. The van der Waals surface area contributed by atoms with Gasteiger partial charge in [0, 0.05) is 11.6 Å². The highest BCUT2D eigenvalue weighted by atomic mass is 16.6. The number of aliphatic hydroxyl groups excluding tert-OH is 1. The fourth-order valence-electron chi connectivity index (χ4n) is 2.40. The van der Waals surface area contributed by atoms with Gasteiger partial charge >= 0.3 is 0 Å². The van der Waals surface area contributed by atoms with Crippen molar-refractivity contribution in [3.63, 3.8) is 0 Å². The summed E-state index contributed by atoms with van der Waals surface area (Å²) in [5.74, 6) is 0. The molecule has 17 heavy (non-hydrogen) atoms. The number of likely N-dealkylation sites (tertiary alicyclic amines) is 1. The molecule has 1 N–H and O–H groups in total. The van der Waals surface area contributed by atoms with Gasteiger partial charge in [-0.3, -0.25) is 15.0 Å². The summed E-state index contributed by atoms with van der Waals surface area (Å²) in [7, 11) is 0. The van der Waals surface area contributed by atoms with Crippen LogP contribution < -0.4 is 0 Å². The van der Waals surface area contributed by atoms with Crippen LogP contribution in [0, 0.1) is 10.1 Å². The predicted octanol–water partition coefficient (Wildman–Crippen LogP) is 1.72. The molecular formula is C12H16N2O3. The highest BCUT2D eigenvalue weighted by molar-refractivity contribution is 5.42. The van der Waals surface area contributed by atoms with Crippen LogP contribution in [0.1, 0.15) is 24.4 Å². The maximum Gasteiger partial charge on any atom is 0.274 e. The van der Waals surface area contributed by atoms with Crippen LogP contribution in [0.15, 0.2) is 24.3 Å². The molecule has 1 fully saturated rings. The molecule has 1 aliphatic rings. The van der Waals surface area contributed by atoms with E-state index in [2.05, 4.69) is 4.90 Å². The summed E-state index contributed by atoms with van der Waals surface area (Å²) >= 11 is 0. The molecule has 0 bridgehead atoms. The standard InChI is InChI=1S/C12H16N2O3/c15-9-12(13-7-3-4-8-13)10-5-1-2-6-11(10)14(16)17/h1-2,5-6,12,15H,3-4,7-9H2/t12-/m0/s1. The maximum absolute atomic E-state index is 11.0. The summed E-state index contributed by atoms with van der Waals surface area (Å²) in [5, 5.41) is 20.4. The van der Waals surface area contributed by atoms with E-state index >= 15 is 0 Å². The van der Waals surface area contributed by atoms with Gasteiger partial charge in [0.1, 0.15) is 0 Å². The van der Waals surface area contributed by atoms with Crippen LogP contribution in [0.2, 0.25) is 0 Å². The zero-order chi connectivity index (χ0) is 12.3. The lowest BCUT2D eigenvalue weighted by Crippen LogP contribution is -2.28. The van der Waals surface area contributed by atoms with Gasteiger partial charge in [0.05, 0.1) is 17.6 Å². The van der Waals surface area contributed by atoms with Gasteiger partial charge in [-0.2, -0.15) is 0 Å². The lowest BCUT2D eigenvalue weighted by molar-refractivity contribution is -0.386. The van der Waals surface area contributed by atoms with E-state index in [1.807, 2.05) is 0 Å². The molecule has 1 aromatic carbocycles. The van der Waals surface area contributed by atoms with E-state index in [1.54, 1.807) is 18.2 Å². The molecule has 0 saturated carbocycles. The normalized spacial score (nSPS) is 18.2. The number of benzene rings is 1. The van der Waals surface area contributed by atoms with Crippen molar-refractivity contribution in [1.29, 1.82) is 0 Å². The average Bonchev–Trinajstić information content (AvgIpc) is 2.84. The van der Waals surface area contributed by atoms with Crippen molar-refractivity contribution in [3.05, 3.63) is 39.9 Å². The third-order valence-electron chi connectivity index (χ3n) is 3.25. The van der Waals surface area contributed by atoms with Crippen molar-refractivity contribution in [1.82, 2.24) is 4.90 Å². The van der Waals surface area contributed by atoms with Crippen LogP contribution in [0.25, 0.3) is 0 Å². The zero-order valence-electron chi connectivity index (χ0n) is 9.58. The highest BCUT2D eigenvalue weighted by Gasteiger charge is 2.28. The Kier molecular flexibility index (Phi) is 3.71. The van der Waals surface area contributed by atoms with Gasteiger partial charge < -0.3 is 5.11 Å². The number of nitro groups is 1. The molecule has 0 unspecified atom stereocenters. The molecule has 2 rings (SSSR count). The molecule has 0 aromatic heterocycles. The Hall–Kier alpha value is -1.46. The van der Waals surface area contributed by atoms with E-state index in [0.29, 0.717) is 5.56 Å². The molecule has 1 atom stereocenters. The number of hydrogen-bond acceptors (Lipinski definition) is 4. The van der Waals surface area contributed by atoms with Crippen molar-refractivity contribution in [2.75, 3.05) is 19.7 Å². The number of nitro benzene ring substituents is 1. The molecule has 92 valence electrons. The third-order valence-corrected chi connectivity index (χ3v) is 3.25. The largest absolute Gasteiger partial charge is 0.394 e. The molecular weight excluding hydrogens is 220 g/mol. The van der Waals surface area contributed by atoms with Crippen molar-refractivity contribution < 1.29 is 10.0 Å². The summed E-state index contributed by atoms with van der Waals surface area (Å²) in [5.41, 5.74) is 0.709. The van der Waals surface area contributed by atoms with Crippen molar-refractivity contribution in [2.24, 2.45) is 0 Å². The van der Waals surface area contributed by atoms with Gasteiger partial charge in [-0.1, -0.05) is 18.2 Å². The monoisotopic (exact) mass is 236 g/mol. The van der Waals surface area contributed by atoms with E-state index in [-0.39, 0.29) is 23.3 Å². The van der Waals surface area contributed by atoms with E-state index in [0.717, 1.165) is 25.9 Å². The van der Waals surface area contributed by atoms with E-state index in [1.165, 1.54) is 6.07 Å². The molecule has 0 aliphatic carbocycles. The highest BCUT2D eigenvalue weighted by Crippen LogP contribution is 2.30. The van der Waals surface area contributed by atoms with Crippen molar-refractivity contribution in [2.45, 2.75) is 18.9 Å². The number of para-hydroxylation sites is 1. The fourth-order valence-corrected chi connectivity index (χ4v) is 2.40. The van der Waals surface area contributed by atoms with Crippen LogP contribution in [-0.4, -0.2) is 34.6 Å². The minimum Gasteiger partial charge on any atom is -0.394 e. The van der Waals surface area contributed by atoms with Gasteiger partial charge in [-0.05, 0) is 25.9 Å². The smallest absolute Gasteiger partial charge is 0.274 e. The number of nitrogens with zero attached hydrogens (tertiary/aromatic N) is 2. The first kappa shape index (κ1) is 12.0. The minimum atomic E-state index is -0.381. The summed E-state index contributed by atoms with van der Waals surface area (Å²) in [6.45, 7) is 1.72. The Morgan fingerprint density at radius 1 is 1.35 bits per heavy atom. The van der Waals surface area contributed by atoms with Gasteiger partial charge in [0.2, 0.25) is 0 Å². The predicted molar refractivity (Wildman–Crippen MR) is 63.7 cm³/mol. The summed E-state index contributed by atoms with van der Waals surface area (Å²) in [6, 6.07) is 6.41. The Labute approximate surface area is 99.8 Å². The fraction of sp³-hybridized carbons (Fsp3) is 0.500. The first-order chi connectivity index (χ1) is 8.24. The maximum atomic E-state index is 11.0. The summed E-state index contributed by atoms with van der Waals surface area (Å²) in [4.78, 5) is 12.7. The molecule has 5 nitrogen and oxygen atoms in total. The Balaban J connectivity index is 2.32. The average molecular weight is 236 g/mol. The minimum absolute atomic E-state index is 0.0785. The number of aliphatic hydroxyl groups is 1. The second-order valence-corrected chi connectivity index (χ2v) is 4.26. The molecule has 0 amide bonds. The number of hydrogen-bond donors (Lipinski definition) is 1. The lowest BCUT2D eigenvalue weighted by Gasteiger charge is -2.25. The van der Waals surface area contributed by atoms with E-state index in [4.69, 9.17) is 0 Å². The van der Waals surface area contributed by atoms with Crippen molar-refractivity contribution in [3.8, 4) is 0 Å². The summed E-state index contributed by atoms with van der Waals surface area (Å²) in [6.07, 6.45) is 2.19. The second-order valence-electron chi connectivity index (χ2n) is 4.26. The van der Waals surface area contributed by atoms with Gasteiger partial charge in [-0.25, -0.2) is 0 Å². The molecule has 1 aromatic rings. The van der Waals surface area contributed by atoms with E-state index < -0.39 is 0 Å². The van der Waals surface area contributed by atoms with Gasteiger partial charge in [0.25, 0.3) is 5.69 Å². The second kappa shape index (κ2) is 5.25. The topological polar surface area (TPSA) is 66.6 Å². The van der Waals surface area contributed by atoms with Crippen LogP contribution >= 0.6 is 0 Å². The van der Waals surface area contributed by atoms with Crippen molar-refractivity contribution >= 4 is 5.69 Å². The quantitative estimate of drug-likeness (QED) is 0.638. The zero-order valence-corrected chi connectivity index (χ0v) is 9.58. The molecule has 5 heteroatoms. The lowest BCUT2D eigenvalue weighted by atomic mass is 10.0. The van der Waals surface area contributed by atoms with Crippen LogP contribution in [-0.2, 0) is 0 Å². The third kappa shape index (κ3) is 2.45. The van der Waals surface area contributed by atoms with Crippen LogP contribution in [0.5, 0.6) is 0 Å². The number of rotatable bonds is 4. The SMILES string of the molecule is O=[N+]([O-])c1ccccc1[C@H](CO)N1CCCC1.